The van der Waals surface area contributed by atoms with Crippen molar-refractivity contribution in [3.05, 3.63) is 76.5 Å². The lowest BCUT2D eigenvalue weighted by atomic mass is 9.47. The van der Waals surface area contributed by atoms with Gasteiger partial charge in [-0.05, 0) is 86.4 Å². The average Bonchev–Trinajstić information content (AvgIpc) is 3.82. The highest BCUT2D eigenvalue weighted by Crippen LogP contribution is 2.68. The molecule has 12 heteroatoms. The Hall–Kier alpha value is -3.84. The van der Waals surface area contributed by atoms with E-state index in [0.29, 0.717) is 64.0 Å². The standard InChI is InChI=1S/C44H54F2N4O6/c1-7-42-13-10-15-50-16-14-43(36(42)50)32-19-31(27(24-51)18-34(32)48(5)37(43)44(54,39(53)55-6)38(42)56-25(2)52)40(3)20-26-17-28(41(4,45)46)22-49(21-26)23-30-29-11-8-9-12-33(29)47-35(30)40/h8-13,18-19,26,28,36-38,47,51,54H,7,14-17,20-24H2,1-6H3/t26?,28-,36?,37?,38+,40+,42+,43+,44-/m0/s1. The van der Waals surface area contributed by atoms with Crippen LogP contribution in [0.4, 0.5) is 14.5 Å². The van der Waals surface area contributed by atoms with Crippen molar-refractivity contribution in [3.8, 4) is 0 Å². The molecule has 1 spiro atoms. The molecule has 56 heavy (non-hydrogen) atoms. The van der Waals surface area contributed by atoms with Gasteiger partial charge in [-0.3, -0.25) is 14.6 Å². The molecule has 3 fully saturated rings. The second-order valence-corrected chi connectivity index (χ2v) is 18.1. The van der Waals surface area contributed by atoms with E-state index >= 15 is 8.78 Å². The lowest BCUT2D eigenvalue weighted by Crippen LogP contribution is -2.81. The molecule has 3 N–H and O–H groups in total. The minimum Gasteiger partial charge on any atom is -0.467 e. The maximum Gasteiger partial charge on any atom is 0.344 e. The number of anilines is 1. The summed E-state index contributed by atoms with van der Waals surface area (Å²) in [5.74, 6) is -5.11. The number of rotatable bonds is 6. The first-order valence-corrected chi connectivity index (χ1v) is 20.2. The van der Waals surface area contributed by atoms with Crippen LogP contribution < -0.4 is 4.90 Å². The number of aliphatic hydroxyl groups is 2. The Morgan fingerprint density at radius 1 is 1.12 bits per heavy atom. The molecule has 1 aliphatic carbocycles. The molecule has 5 aliphatic heterocycles. The number of carbonyl (C=O) groups is 2. The van der Waals surface area contributed by atoms with Crippen LogP contribution in [-0.4, -0.2) is 107 Å². The first-order valence-electron chi connectivity index (χ1n) is 20.2. The third-order valence-corrected chi connectivity index (χ3v) is 15.2. The number of aromatic amines is 1. The van der Waals surface area contributed by atoms with Crippen molar-refractivity contribution >= 4 is 28.5 Å². The van der Waals surface area contributed by atoms with Gasteiger partial charge in [-0.1, -0.05) is 43.3 Å². The number of likely N-dealkylation sites (N-methyl/N-ethyl adjacent to an activating group) is 1. The Bertz CT molecular complexity index is 2150. The van der Waals surface area contributed by atoms with Gasteiger partial charge in [0.25, 0.3) is 0 Å². The molecule has 10 nitrogen and oxygen atoms in total. The predicted molar refractivity (Wildman–Crippen MR) is 207 cm³/mol. The van der Waals surface area contributed by atoms with E-state index in [2.05, 4.69) is 52.1 Å². The fraction of sp³-hybridized carbons (Fsp3) is 0.591. The predicted octanol–water partition coefficient (Wildman–Crippen LogP) is 5.41. The Morgan fingerprint density at radius 3 is 2.59 bits per heavy atom. The number of nitrogens with zero attached hydrogens (tertiary/aromatic N) is 3. The zero-order valence-electron chi connectivity index (χ0n) is 33.2. The molecule has 6 heterocycles. The number of methoxy groups -OCH3 is 1. The second-order valence-electron chi connectivity index (χ2n) is 18.1. The quantitative estimate of drug-likeness (QED) is 0.224. The Labute approximate surface area is 326 Å². The fourth-order valence-corrected chi connectivity index (χ4v) is 13.2. The summed E-state index contributed by atoms with van der Waals surface area (Å²) in [6, 6.07) is 11.3. The number of ether oxygens (including phenoxy) is 2. The number of esters is 2. The van der Waals surface area contributed by atoms with Gasteiger partial charge in [-0.25, -0.2) is 13.6 Å². The minimum atomic E-state index is -2.83. The van der Waals surface area contributed by atoms with Gasteiger partial charge >= 0.3 is 11.9 Å². The highest BCUT2D eigenvalue weighted by atomic mass is 19.3. The van der Waals surface area contributed by atoms with E-state index in [0.717, 1.165) is 45.9 Å². The zero-order chi connectivity index (χ0) is 39.7. The normalized spacial score (nSPS) is 37.3. The largest absolute Gasteiger partial charge is 0.467 e. The van der Waals surface area contributed by atoms with E-state index in [1.807, 2.05) is 37.1 Å². The smallest absolute Gasteiger partial charge is 0.344 e. The number of alkyl halides is 2. The number of hydrogen-bond acceptors (Lipinski definition) is 9. The van der Waals surface area contributed by atoms with Crippen molar-refractivity contribution in [1.29, 1.82) is 0 Å². The SMILES string of the molecule is CC[C@]12C=CCN3CC[C@@]4(c5cc([C@@]6(C)CC7C[C@H](C(C)(F)F)CN(Cc8c6[nH]c6ccccc86)C7)c(CO)cc5N(C)C4[C@@](O)(C(=O)OC)[C@@H]1OC(C)=O)C32. The fourth-order valence-electron chi connectivity index (χ4n) is 13.2. The molecule has 0 radical (unpaired) electrons. The molecule has 10 atom stereocenters. The topological polar surface area (TPSA) is 119 Å². The monoisotopic (exact) mass is 772 g/mol. The second kappa shape index (κ2) is 12.6. The number of para-hydroxylation sites is 1. The molecule has 1 aromatic heterocycles. The van der Waals surface area contributed by atoms with Gasteiger partial charge in [-0.2, -0.15) is 0 Å². The van der Waals surface area contributed by atoms with E-state index < -0.39 is 57.8 Å². The van der Waals surface area contributed by atoms with Gasteiger partial charge < -0.3 is 29.6 Å². The van der Waals surface area contributed by atoms with E-state index in [-0.39, 0.29) is 18.6 Å². The minimum absolute atomic E-state index is 0.0423. The molecule has 0 amide bonds. The highest BCUT2D eigenvalue weighted by Gasteiger charge is 2.80. The number of aromatic nitrogens is 1. The first-order chi connectivity index (χ1) is 26.6. The number of H-pyrrole nitrogens is 1. The summed E-state index contributed by atoms with van der Waals surface area (Å²) in [6.07, 6.45) is 4.94. The summed E-state index contributed by atoms with van der Waals surface area (Å²) < 4.78 is 41.9. The van der Waals surface area contributed by atoms with Crippen LogP contribution in [0.2, 0.25) is 0 Å². The molecule has 2 aromatic carbocycles. The van der Waals surface area contributed by atoms with Crippen LogP contribution in [0.25, 0.3) is 10.9 Å². The Balaban J connectivity index is 1.31. The molecule has 3 aromatic rings. The molecule has 300 valence electrons. The van der Waals surface area contributed by atoms with Crippen molar-refractivity contribution in [3.63, 3.8) is 0 Å². The van der Waals surface area contributed by atoms with Crippen molar-refractivity contribution in [2.24, 2.45) is 17.3 Å². The number of benzene rings is 2. The maximum absolute atomic E-state index is 15.2. The molecule has 4 unspecified atom stereocenters. The summed E-state index contributed by atoms with van der Waals surface area (Å²) in [7, 11) is 3.12. The van der Waals surface area contributed by atoms with Crippen LogP contribution >= 0.6 is 0 Å². The van der Waals surface area contributed by atoms with Gasteiger partial charge in [0, 0.05) is 90.6 Å². The van der Waals surface area contributed by atoms with Crippen molar-refractivity contribution in [2.75, 3.05) is 45.2 Å². The lowest BCUT2D eigenvalue weighted by molar-refractivity contribution is -0.228. The molecule has 2 saturated heterocycles. The van der Waals surface area contributed by atoms with Gasteiger partial charge in [0.1, 0.15) is 0 Å². The third-order valence-electron chi connectivity index (χ3n) is 15.2. The van der Waals surface area contributed by atoms with Crippen molar-refractivity contribution in [1.82, 2.24) is 14.8 Å². The van der Waals surface area contributed by atoms with E-state index in [9.17, 15) is 19.8 Å². The van der Waals surface area contributed by atoms with Crippen molar-refractivity contribution < 1.29 is 38.1 Å². The van der Waals surface area contributed by atoms with Crippen LogP contribution in [-0.2, 0) is 43.0 Å². The van der Waals surface area contributed by atoms with Gasteiger partial charge in [0.05, 0.1) is 19.8 Å². The van der Waals surface area contributed by atoms with E-state index in [1.165, 1.54) is 14.0 Å². The van der Waals surface area contributed by atoms with Crippen LogP contribution in [0.5, 0.6) is 0 Å². The number of aliphatic hydroxyl groups excluding tert-OH is 1. The summed E-state index contributed by atoms with van der Waals surface area (Å²) in [5.41, 5.74) is 1.65. The summed E-state index contributed by atoms with van der Waals surface area (Å²) in [5, 5.41) is 25.6. The van der Waals surface area contributed by atoms with Gasteiger partial charge in [-0.15, -0.1) is 0 Å². The van der Waals surface area contributed by atoms with E-state index in [4.69, 9.17) is 9.47 Å². The zero-order valence-corrected chi connectivity index (χ0v) is 33.2. The summed E-state index contributed by atoms with van der Waals surface area (Å²) in [4.78, 5) is 37.5. The number of carbonyl (C=O) groups excluding carboxylic acids is 2. The number of piperidine rings is 1. The average molecular weight is 773 g/mol. The van der Waals surface area contributed by atoms with E-state index in [1.54, 1.807) is 0 Å². The molecular formula is C44H54F2N4O6. The molecule has 2 bridgehead atoms. The summed E-state index contributed by atoms with van der Waals surface area (Å²) >= 11 is 0. The third kappa shape index (κ3) is 4.85. The molecule has 6 aliphatic rings. The van der Waals surface area contributed by atoms with Crippen LogP contribution in [0, 0.1) is 17.3 Å². The van der Waals surface area contributed by atoms with Gasteiger partial charge in [0.15, 0.2) is 6.10 Å². The van der Waals surface area contributed by atoms with Crippen LogP contribution in [0.15, 0.2) is 48.6 Å². The number of fused-ring (bicyclic) bond motifs is 6. The molecule has 9 rings (SSSR count). The van der Waals surface area contributed by atoms with Crippen LogP contribution in [0.3, 0.4) is 0 Å². The molecular weight excluding hydrogens is 719 g/mol. The number of halogens is 2. The number of nitrogens with one attached hydrogen (secondary N) is 1. The maximum atomic E-state index is 15.2. The lowest BCUT2D eigenvalue weighted by Gasteiger charge is -2.63. The first kappa shape index (κ1) is 37.7. The number of hydrogen-bond donors (Lipinski definition) is 3. The molecule has 1 saturated carbocycles. The highest BCUT2D eigenvalue weighted by molar-refractivity contribution is 5.88. The Morgan fingerprint density at radius 2 is 1.89 bits per heavy atom. The van der Waals surface area contributed by atoms with Crippen molar-refractivity contribution in [2.45, 2.75) is 107 Å². The summed E-state index contributed by atoms with van der Waals surface area (Å²) in [6.45, 7) is 9.19. The van der Waals surface area contributed by atoms with Gasteiger partial charge in [0.2, 0.25) is 11.5 Å². The Kier molecular flexibility index (Phi) is 8.47. The van der Waals surface area contributed by atoms with Crippen LogP contribution in [0.1, 0.15) is 81.3 Å².